The molecule has 2 aromatic carbocycles. The highest BCUT2D eigenvalue weighted by atomic mass is 16.5. The van der Waals surface area contributed by atoms with Crippen LogP contribution in [0.1, 0.15) is 30.6 Å². The monoisotopic (exact) mass is 399 g/mol. The fourth-order valence-electron chi connectivity index (χ4n) is 2.60. The van der Waals surface area contributed by atoms with Crippen LogP contribution < -0.4 is 20.7 Å². The van der Waals surface area contributed by atoms with E-state index in [1.165, 1.54) is 0 Å². The standard InChI is InChI=1S/C22H29N3O4/c1-16(2)29-20-10-5-8-18(14-20)24-15-21(26)25-19-9-4-7-17(13-19)22(27)23-11-6-12-28-3/h4-5,7-10,13-14,16,24H,6,11-12,15H2,1-3H3,(H,23,27)(H,25,26). The van der Waals surface area contributed by atoms with Crippen molar-refractivity contribution in [3.8, 4) is 5.75 Å². The first-order chi connectivity index (χ1) is 14.0. The van der Waals surface area contributed by atoms with Crippen molar-refractivity contribution in [3.05, 3.63) is 54.1 Å². The van der Waals surface area contributed by atoms with Gasteiger partial charge >= 0.3 is 0 Å². The van der Waals surface area contributed by atoms with Crippen molar-refractivity contribution in [2.24, 2.45) is 0 Å². The number of ether oxygens (including phenoxy) is 2. The minimum atomic E-state index is -0.210. The number of hydrogen-bond acceptors (Lipinski definition) is 5. The molecule has 0 heterocycles. The topological polar surface area (TPSA) is 88.7 Å². The number of carbonyl (C=O) groups is 2. The SMILES string of the molecule is COCCCNC(=O)c1cccc(NC(=O)CNc2cccc(OC(C)C)c2)c1. The molecule has 0 aromatic heterocycles. The van der Waals surface area contributed by atoms with Crippen molar-refractivity contribution in [3.63, 3.8) is 0 Å². The Hall–Kier alpha value is -3.06. The lowest BCUT2D eigenvalue weighted by molar-refractivity contribution is -0.114. The van der Waals surface area contributed by atoms with E-state index in [-0.39, 0.29) is 24.5 Å². The van der Waals surface area contributed by atoms with Crippen molar-refractivity contribution < 1.29 is 19.1 Å². The van der Waals surface area contributed by atoms with Crippen LogP contribution in [0.15, 0.2) is 48.5 Å². The Labute approximate surface area is 171 Å². The van der Waals surface area contributed by atoms with Crippen LogP contribution in [-0.2, 0) is 9.53 Å². The van der Waals surface area contributed by atoms with Gasteiger partial charge in [0.2, 0.25) is 5.91 Å². The zero-order chi connectivity index (χ0) is 21.1. The van der Waals surface area contributed by atoms with Crippen LogP contribution in [0.3, 0.4) is 0 Å². The summed E-state index contributed by atoms with van der Waals surface area (Å²) in [7, 11) is 1.62. The van der Waals surface area contributed by atoms with E-state index in [1.807, 2.05) is 38.1 Å². The number of amides is 2. The average molecular weight is 399 g/mol. The van der Waals surface area contributed by atoms with Gasteiger partial charge in [-0.3, -0.25) is 9.59 Å². The number of rotatable bonds is 11. The van der Waals surface area contributed by atoms with Gasteiger partial charge in [0.05, 0.1) is 12.6 Å². The molecule has 2 aromatic rings. The molecule has 0 radical (unpaired) electrons. The second-order valence-electron chi connectivity index (χ2n) is 6.78. The maximum absolute atomic E-state index is 12.3. The summed E-state index contributed by atoms with van der Waals surface area (Å²) in [6, 6.07) is 14.3. The molecule has 0 atom stereocenters. The Kier molecular flexibility index (Phi) is 8.98. The molecule has 0 bridgehead atoms. The summed E-state index contributed by atoms with van der Waals surface area (Å²) in [4.78, 5) is 24.4. The van der Waals surface area contributed by atoms with Crippen LogP contribution in [0, 0.1) is 0 Å². The quantitative estimate of drug-likeness (QED) is 0.505. The lowest BCUT2D eigenvalue weighted by Gasteiger charge is -2.12. The molecule has 156 valence electrons. The van der Waals surface area contributed by atoms with Crippen LogP contribution in [0.4, 0.5) is 11.4 Å². The largest absolute Gasteiger partial charge is 0.491 e. The lowest BCUT2D eigenvalue weighted by Crippen LogP contribution is -2.25. The average Bonchev–Trinajstić information content (AvgIpc) is 2.69. The van der Waals surface area contributed by atoms with Gasteiger partial charge in [0.25, 0.3) is 5.91 Å². The fourth-order valence-corrected chi connectivity index (χ4v) is 2.60. The van der Waals surface area contributed by atoms with Gasteiger partial charge in [-0.1, -0.05) is 12.1 Å². The third kappa shape index (κ3) is 8.23. The van der Waals surface area contributed by atoms with Gasteiger partial charge in [0.15, 0.2) is 0 Å². The fraction of sp³-hybridized carbons (Fsp3) is 0.364. The summed E-state index contributed by atoms with van der Waals surface area (Å²) in [5, 5.41) is 8.69. The van der Waals surface area contributed by atoms with E-state index in [0.717, 1.165) is 17.9 Å². The highest BCUT2D eigenvalue weighted by Crippen LogP contribution is 2.18. The highest BCUT2D eigenvalue weighted by molar-refractivity contribution is 5.98. The Bertz CT molecular complexity index is 808. The van der Waals surface area contributed by atoms with E-state index in [1.54, 1.807) is 31.4 Å². The van der Waals surface area contributed by atoms with Crippen LogP contribution in [0.25, 0.3) is 0 Å². The third-order valence-corrected chi connectivity index (χ3v) is 3.88. The second kappa shape index (κ2) is 11.7. The number of anilines is 2. The number of methoxy groups -OCH3 is 1. The highest BCUT2D eigenvalue weighted by Gasteiger charge is 2.08. The third-order valence-electron chi connectivity index (χ3n) is 3.88. The van der Waals surface area contributed by atoms with Crippen molar-refractivity contribution >= 4 is 23.2 Å². The summed E-state index contributed by atoms with van der Waals surface area (Å²) in [5.41, 5.74) is 1.85. The van der Waals surface area contributed by atoms with E-state index in [0.29, 0.717) is 24.4 Å². The Morgan fingerprint density at radius 1 is 1.03 bits per heavy atom. The molecule has 0 saturated heterocycles. The lowest BCUT2D eigenvalue weighted by atomic mass is 10.2. The van der Waals surface area contributed by atoms with Crippen LogP contribution in [0.5, 0.6) is 5.75 Å². The molecular formula is C22H29N3O4. The van der Waals surface area contributed by atoms with Gasteiger partial charge in [-0.25, -0.2) is 0 Å². The summed E-state index contributed by atoms with van der Waals surface area (Å²) in [6.07, 6.45) is 0.825. The second-order valence-corrected chi connectivity index (χ2v) is 6.78. The zero-order valence-corrected chi connectivity index (χ0v) is 17.2. The molecule has 0 aliphatic carbocycles. The van der Waals surface area contributed by atoms with Crippen LogP contribution >= 0.6 is 0 Å². The van der Waals surface area contributed by atoms with Gasteiger partial charge in [-0.15, -0.1) is 0 Å². The molecule has 2 rings (SSSR count). The van der Waals surface area contributed by atoms with Gasteiger partial charge in [-0.2, -0.15) is 0 Å². The molecule has 29 heavy (non-hydrogen) atoms. The molecule has 0 aliphatic rings. The molecule has 0 spiro atoms. The first-order valence-corrected chi connectivity index (χ1v) is 9.65. The molecule has 0 unspecified atom stereocenters. The first-order valence-electron chi connectivity index (χ1n) is 9.65. The molecular weight excluding hydrogens is 370 g/mol. The first kappa shape index (κ1) is 22.2. The minimum absolute atomic E-state index is 0.0815. The molecule has 0 fully saturated rings. The van der Waals surface area contributed by atoms with E-state index >= 15 is 0 Å². The van der Waals surface area contributed by atoms with Crippen molar-refractivity contribution in [1.82, 2.24) is 5.32 Å². The summed E-state index contributed by atoms with van der Waals surface area (Å²) >= 11 is 0. The minimum Gasteiger partial charge on any atom is -0.491 e. The normalized spacial score (nSPS) is 10.5. The van der Waals surface area contributed by atoms with Crippen LogP contribution in [0.2, 0.25) is 0 Å². The molecule has 7 nitrogen and oxygen atoms in total. The molecule has 2 amide bonds. The molecule has 7 heteroatoms. The van der Waals surface area contributed by atoms with Gasteiger partial charge in [0, 0.05) is 43.3 Å². The predicted octanol–water partition coefficient (Wildman–Crippen LogP) is 3.29. The van der Waals surface area contributed by atoms with Crippen LogP contribution in [-0.4, -0.2) is 44.7 Å². The molecule has 0 saturated carbocycles. The van der Waals surface area contributed by atoms with Crippen molar-refractivity contribution in [2.75, 3.05) is 37.4 Å². The maximum atomic E-state index is 12.3. The van der Waals surface area contributed by atoms with Gasteiger partial charge < -0.3 is 25.4 Å². The van der Waals surface area contributed by atoms with Gasteiger partial charge in [-0.05, 0) is 50.6 Å². The number of nitrogens with one attached hydrogen (secondary N) is 3. The summed E-state index contributed by atoms with van der Waals surface area (Å²) in [5.74, 6) is 0.352. The number of carbonyl (C=O) groups excluding carboxylic acids is 2. The van der Waals surface area contributed by atoms with E-state index in [9.17, 15) is 9.59 Å². The van der Waals surface area contributed by atoms with E-state index in [2.05, 4.69) is 16.0 Å². The van der Waals surface area contributed by atoms with Crippen molar-refractivity contribution in [1.29, 1.82) is 0 Å². The molecule has 3 N–H and O–H groups in total. The smallest absolute Gasteiger partial charge is 0.251 e. The summed E-state index contributed by atoms with van der Waals surface area (Å²) < 4.78 is 10.6. The van der Waals surface area contributed by atoms with E-state index < -0.39 is 0 Å². The zero-order valence-electron chi connectivity index (χ0n) is 17.2. The van der Waals surface area contributed by atoms with E-state index in [4.69, 9.17) is 9.47 Å². The van der Waals surface area contributed by atoms with Crippen molar-refractivity contribution in [2.45, 2.75) is 26.4 Å². The Balaban J connectivity index is 1.85. The number of hydrogen-bond donors (Lipinski definition) is 3. The molecule has 0 aliphatic heterocycles. The summed E-state index contributed by atoms with van der Waals surface area (Å²) in [6.45, 7) is 5.14. The number of benzene rings is 2. The van der Waals surface area contributed by atoms with Gasteiger partial charge in [0.1, 0.15) is 5.75 Å². The Morgan fingerprint density at radius 3 is 2.55 bits per heavy atom. The Morgan fingerprint density at radius 2 is 1.79 bits per heavy atom. The maximum Gasteiger partial charge on any atom is 0.251 e. The predicted molar refractivity (Wildman–Crippen MR) is 115 cm³/mol.